The fourth-order valence-corrected chi connectivity index (χ4v) is 2.98. The van der Waals surface area contributed by atoms with Gasteiger partial charge in [-0.15, -0.1) is 6.58 Å². The molecule has 0 aliphatic carbocycles. The first-order chi connectivity index (χ1) is 12.3. The summed E-state index contributed by atoms with van der Waals surface area (Å²) >= 11 is 4.69. The molecule has 142 valence electrons. The number of allylic oxidation sites excluding steroid dienone is 1. The molecule has 0 fully saturated rings. The van der Waals surface area contributed by atoms with Crippen LogP contribution in [-0.2, 0) is 6.54 Å². The molecule has 1 nitrogen and oxygen atoms in total. The maximum atomic E-state index is 4.69. The van der Waals surface area contributed by atoms with E-state index in [9.17, 15) is 0 Å². The second kappa shape index (κ2) is 11.3. The number of hydrogen-bond acceptors (Lipinski definition) is 2. The highest BCUT2D eigenvalue weighted by Gasteiger charge is 2.14. The molecule has 1 unspecified atom stereocenters. The van der Waals surface area contributed by atoms with Gasteiger partial charge in [-0.25, -0.2) is 0 Å². The van der Waals surface area contributed by atoms with Crippen LogP contribution in [0, 0.1) is 5.92 Å². The van der Waals surface area contributed by atoms with Crippen LogP contribution in [0.25, 0.3) is 11.1 Å². The van der Waals surface area contributed by atoms with Crippen LogP contribution < -0.4 is 5.32 Å². The standard InChI is InChI=1S/C19H25NS.C5H10/c1-13(2)16-7-5-6-8-17(16)18-10-9-15(12-20-4)11-19(18)14(3)21;1-4-5(2)3/h5-11,13-14,20-21H,12H2,1-4H3;4-5H,1H2,2-3H3. The molecular weight excluding hydrogens is 334 g/mol. The van der Waals surface area contributed by atoms with Crippen LogP contribution in [0.4, 0.5) is 0 Å². The lowest BCUT2D eigenvalue weighted by Crippen LogP contribution is -2.06. The summed E-state index contributed by atoms with van der Waals surface area (Å²) in [7, 11) is 1.98. The first kappa shape index (κ1) is 22.5. The van der Waals surface area contributed by atoms with Gasteiger partial charge in [0.2, 0.25) is 0 Å². The zero-order chi connectivity index (χ0) is 19.7. The summed E-state index contributed by atoms with van der Waals surface area (Å²) in [5, 5.41) is 3.43. The summed E-state index contributed by atoms with van der Waals surface area (Å²) in [5.74, 6) is 1.16. The normalized spacial score (nSPS) is 11.9. The highest BCUT2D eigenvalue weighted by Crippen LogP contribution is 2.36. The Morgan fingerprint density at radius 2 is 1.54 bits per heavy atom. The van der Waals surface area contributed by atoms with Crippen molar-refractivity contribution in [2.24, 2.45) is 5.92 Å². The third kappa shape index (κ3) is 6.66. The van der Waals surface area contributed by atoms with Gasteiger partial charge in [0.15, 0.2) is 0 Å². The Kier molecular flexibility index (Phi) is 9.75. The number of rotatable bonds is 6. The van der Waals surface area contributed by atoms with Gasteiger partial charge in [-0.3, -0.25) is 0 Å². The van der Waals surface area contributed by atoms with Crippen molar-refractivity contribution < 1.29 is 0 Å². The lowest BCUT2D eigenvalue weighted by molar-refractivity contribution is 0.815. The van der Waals surface area contributed by atoms with Crippen molar-refractivity contribution in [3.05, 3.63) is 71.8 Å². The molecule has 1 N–H and O–H groups in total. The van der Waals surface area contributed by atoms with Gasteiger partial charge in [0, 0.05) is 11.8 Å². The van der Waals surface area contributed by atoms with Crippen LogP contribution >= 0.6 is 12.6 Å². The first-order valence-corrected chi connectivity index (χ1v) is 10.0. The van der Waals surface area contributed by atoms with Crippen LogP contribution in [0.5, 0.6) is 0 Å². The maximum absolute atomic E-state index is 4.69. The largest absolute Gasteiger partial charge is 0.316 e. The smallest absolute Gasteiger partial charge is 0.0245 e. The predicted octanol–water partition coefficient (Wildman–Crippen LogP) is 7.02. The van der Waals surface area contributed by atoms with Gasteiger partial charge in [-0.2, -0.15) is 12.6 Å². The van der Waals surface area contributed by atoms with E-state index in [1.54, 1.807) is 0 Å². The van der Waals surface area contributed by atoms with Crippen molar-refractivity contribution in [2.75, 3.05) is 7.05 Å². The average molecular weight is 370 g/mol. The summed E-state index contributed by atoms with van der Waals surface area (Å²) in [6.45, 7) is 15.3. The van der Waals surface area contributed by atoms with Gasteiger partial charge in [-0.1, -0.05) is 76.2 Å². The summed E-state index contributed by atoms with van der Waals surface area (Å²) in [5.41, 5.74) is 6.65. The van der Waals surface area contributed by atoms with E-state index in [1.165, 1.54) is 27.8 Å². The molecule has 0 spiro atoms. The van der Waals surface area contributed by atoms with E-state index in [0.717, 1.165) is 6.54 Å². The molecule has 0 saturated carbocycles. The number of benzene rings is 2. The lowest BCUT2D eigenvalue weighted by Gasteiger charge is -2.19. The minimum Gasteiger partial charge on any atom is -0.316 e. The molecule has 26 heavy (non-hydrogen) atoms. The highest BCUT2D eigenvalue weighted by molar-refractivity contribution is 7.80. The van der Waals surface area contributed by atoms with Gasteiger partial charge in [0.05, 0.1) is 0 Å². The second-order valence-corrected chi connectivity index (χ2v) is 8.12. The van der Waals surface area contributed by atoms with Crippen molar-refractivity contribution >= 4 is 12.6 Å². The van der Waals surface area contributed by atoms with Gasteiger partial charge < -0.3 is 5.32 Å². The fraction of sp³-hybridized carbons (Fsp3) is 0.417. The van der Waals surface area contributed by atoms with E-state index in [4.69, 9.17) is 0 Å². The van der Waals surface area contributed by atoms with Crippen molar-refractivity contribution in [3.8, 4) is 11.1 Å². The van der Waals surface area contributed by atoms with Gasteiger partial charge >= 0.3 is 0 Å². The Balaban J connectivity index is 0.000000597. The molecule has 0 saturated heterocycles. The molecule has 1 atom stereocenters. The van der Waals surface area contributed by atoms with Crippen LogP contribution in [0.3, 0.4) is 0 Å². The van der Waals surface area contributed by atoms with E-state index in [0.29, 0.717) is 11.8 Å². The lowest BCUT2D eigenvalue weighted by atomic mass is 9.88. The van der Waals surface area contributed by atoms with Crippen molar-refractivity contribution in [3.63, 3.8) is 0 Å². The van der Waals surface area contributed by atoms with Crippen LogP contribution in [0.15, 0.2) is 55.1 Å². The Hall–Kier alpha value is -1.51. The van der Waals surface area contributed by atoms with E-state index >= 15 is 0 Å². The molecular formula is C24H35NS. The molecule has 0 aliphatic heterocycles. The summed E-state index contributed by atoms with van der Waals surface area (Å²) < 4.78 is 0. The Bertz CT molecular complexity index is 686. The molecule has 0 aliphatic rings. The quantitative estimate of drug-likeness (QED) is 0.412. The van der Waals surface area contributed by atoms with E-state index < -0.39 is 0 Å². The van der Waals surface area contributed by atoms with Crippen molar-refractivity contribution in [1.82, 2.24) is 5.32 Å². The number of hydrogen-bond donors (Lipinski definition) is 2. The van der Waals surface area contributed by atoms with E-state index in [1.807, 2.05) is 13.1 Å². The third-order valence-electron chi connectivity index (χ3n) is 4.29. The fourth-order valence-electron chi connectivity index (χ4n) is 2.76. The molecule has 2 heteroatoms. The van der Waals surface area contributed by atoms with Crippen LogP contribution in [-0.4, -0.2) is 7.05 Å². The van der Waals surface area contributed by atoms with E-state index in [-0.39, 0.29) is 5.25 Å². The SMILES string of the molecule is C=CC(C)C.CNCc1ccc(-c2ccccc2C(C)C)c(C(C)S)c1. The summed E-state index contributed by atoms with van der Waals surface area (Å²) in [6.07, 6.45) is 1.92. The average Bonchev–Trinajstić information content (AvgIpc) is 2.62. The zero-order valence-corrected chi connectivity index (χ0v) is 18.1. The van der Waals surface area contributed by atoms with Crippen molar-refractivity contribution in [1.29, 1.82) is 0 Å². The highest BCUT2D eigenvalue weighted by atomic mass is 32.1. The van der Waals surface area contributed by atoms with Crippen LogP contribution in [0.2, 0.25) is 0 Å². The predicted molar refractivity (Wildman–Crippen MR) is 121 cm³/mol. The molecule has 0 bridgehead atoms. The van der Waals surface area contributed by atoms with Gasteiger partial charge in [0.25, 0.3) is 0 Å². The molecule has 0 heterocycles. The first-order valence-electron chi connectivity index (χ1n) is 9.49. The molecule has 0 radical (unpaired) electrons. The second-order valence-electron chi connectivity index (χ2n) is 7.35. The van der Waals surface area contributed by atoms with Gasteiger partial charge in [-0.05, 0) is 53.6 Å². The summed E-state index contributed by atoms with van der Waals surface area (Å²) in [4.78, 5) is 0. The number of nitrogens with one attached hydrogen (secondary N) is 1. The van der Waals surface area contributed by atoms with Crippen LogP contribution in [0.1, 0.15) is 62.5 Å². The molecule has 2 aromatic carbocycles. The van der Waals surface area contributed by atoms with E-state index in [2.05, 4.69) is 102 Å². The number of thiol groups is 1. The van der Waals surface area contributed by atoms with Gasteiger partial charge in [0.1, 0.15) is 0 Å². The van der Waals surface area contributed by atoms with Crippen molar-refractivity contribution in [2.45, 2.75) is 52.3 Å². The summed E-state index contributed by atoms with van der Waals surface area (Å²) in [6, 6.07) is 15.4. The zero-order valence-electron chi connectivity index (χ0n) is 17.2. The Morgan fingerprint density at radius 3 is 2.04 bits per heavy atom. The minimum absolute atomic E-state index is 0.219. The molecule has 0 aromatic heterocycles. The maximum Gasteiger partial charge on any atom is 0.0245 e. The Labute approximate surface area is 166 Å². The molecule has 2 aromatic rings. The third-order valence-corrected chi connectivity index (χ3v) is 4.57. The molecule has 0 amide bonds. The molecule has 2 rings (SSSR count). The minimum atomic E-state index is 0.219. The Morgan fingerprint density at radius 1 is 0.962 bits per heavy atom. The monoisotopic (exact) mass is 369 g/mol. The topological polar surface area (TPSA) is 12.0 Å².